The second-order valence-corrected chi connectivity index (χ2v) is 7.89. The summed E-state index contributed by atoms with van der Waals surface area (Å²) in [5.74, 6) is 0. The van der Waals surface area contributed by atoms with Crippen LogP contribution in [0, 0.1) is 0 Å². The molecular weight excluding hydrogens is 346 g/mol. The molecule has 1 heterocycles. The molecule has 132 valence electrons. The molecule has 0 radical (unpaired) electrons. The number of pyridine rings is 1. The molecule has 0 aliphatic carbocycles. The summed E-state index contributed by atoms with van der Waals surface area (Å²) < 4.78 is 0. The van der Waals surface area contributed by atoms with Gasteiger partial charge in [-0.1, -0.05) is 112 Å². The molecule has 0 N–H and O–H groups in total. The lowest BCUT2D eigenvalue weighted by atomic mass is 10.0. The highest BCUT2D eigenvalue weighted by atomic mass is 79.9. The smallest absolute Gasteiger partial charge is 0.0410 e. The second kappa shape index (κ2) is 15.2. The predicted molar refractivity (Wildman–Crippen MR) is 106 cm³/mol. The summed E-state index contributed by atoms with van der Waals surface area (Å²) in [7, 11) is 0. The standard InChI is InChI=1S/C21H36BrN/c1-2-3-4-5-6-7-8-9-10-11-12-13-14-17-21(22)20-16-15-18-23-19-20/h15-16,18-19,21H,2-14,17H2,1H3. The molecule has 1 rings (SSSR count). The lowest BCUT2D eigenvalue weighted by Crippen LogP contribution is -1.91. The Bertz CT molecular complexity index is 352. The summed E-state index contributed by atoms with van der Waals surface area (Å²) in [5.41, 5.74) is 1.31. The third-order valence-electron chi connectivity index (χ3n) is 4.61. The monoisotopic (exact) mass is 381 g/mol. The first kappa shape index (κ1) is 20.7. The van der Waals surface area contributed by atoms with E-state index >= 15 is 0 Å². The molecule has 1 unspecified atom stereocenters. The zero-order valence-corrected chi connectivity index (χ0v) is 16.7. The summed E-state index contributed by atoms with van der Waals surface area (Å²) in [6, 6.07) is 4.18. The Balaban J connectivity index is 1.81. The molecule has 1 atom stereocenters. The molecular formula is C21H36BrN. The van der Waals surface area contributed by atoms with Gasteiger partial charge in [-0.2, -0.15) is 0 Å². The van der Waals surface area contributed by atoms with Crippen LogP contribution in [0.25, 0.3) is 0 Å². The number of hydrogen-bond acceptors (Lipinski definition) is 1. The minimum atomic E-state index is 0.476. The van der Waals surface area contributed by atoms with Gasteiger partial charge in [0.2, 0.25) is 0 Å². The van der Waals surface area contributed by atoms with Gasteiger partial charge in [-0.05, 0) is 18.1 Å². The predicted octanol–water partition coefficient (Wildman–Crippen LogP) is 8.00. The molecule has 2 heteroatoms. The van der Waals surface area contributed by atoms with Crippen molar-refractivity contribution in [1.82, 2.24) is 4.98 Å². The lowest BCUT2D eigenvalue weighted by Gasteiger charge is -2.09. The Labute approximate surface area is 152 Å². The van der Waals surface area contributed by atoms with E-state index in [1.807, 2.05) is 18.5 Å². The molecule has 1 nitrogen and oxygen atoms in total. The van der Waals surface area contributed by atoms with Gasteiger partial charge in [0, 0.05) is 17.2 Å². The van der Waals surface area contributed by atoms with Gasteiger partial charge in [-0.25, -0.2) is 0 Å². The molecule has 0 aliphatic rings. The number of unbranched alkanes of at least 4 members (excludes halogenated alkanes) is 12. The highest BCUT2D eigenvalue weighted by Gasteiger charge is 2.06. The van der Waals surface area contributed by atoms with E-state index in [-0.39, 0.29) is 0 Å². The maximum Gasteiger partial charge on any atom is 0.0410 e. The van der Waals surface area contributed by atoms with Crippen LogP contribution in [-0.2, 0) is 0 Å². The van der Waals surface area contributed by atoms with Crippen molar-refractivity contribution >= 4 is 15.9 Å². The fraction of sp³-hybridized carbons (Fsp3) is 0.762. The lowest BCUT2D eigenvalue weighted by molar-refractivity contribution is 0.535. The fourth-order valence-electron chi connectivity index (χ4n) is 3.07. The molecule has 0 bridgehead atoms. The van der Waals surface area contributed by atoms with Crippen LogP contribution < -0.4 is 0 Å². The average molecular weight is 382 g/mol. The first-order valence-corrected chi connectivity index (χ1v) is 10.8. The van der Waals surface area contributed by atoms with Gasteiger partial charge in [0.1, 0.15) is 0 Å². The van der Waals surface area contributed by atoms with E-state index < -0.39 is 0 Å². The number of alkyl halides is 1. The van der Waals surface area contributed by atoms with Gasteiger partial charge in [0.25, 0.3) is 0 Å². The van der Waals surface area contributed by atoms with Crippen molar-refractivity contribution in [2.45, 2.75) is 102 Å². The van der Waals surface area contributed by atoms with Crippen LogP contribution in [0.3, 0.4) is 0 Å². The topological polar surface area (TPSA) is 12.9 Å². The molecule has 0 aromatic carbocycles. The molecule has 0 aliphatic heterocycles. The Kier molecular flexibility index (Phi) is 13.6. The van der Waals surface area contributed by atoms with Gasteiger partial charge >= 0.3 is 0 Å². The molecule has 1 aromatic rings. The van der Waals surface area contributed by atoms with Crippen LogP contribution in [0.15, 0.2) is 24.5 Å². The molecule has 0 saturated heterocycles. The van der Waals surface area contributed by atoms with Crippen LogP contribution in [0.2, 0.25) is 0 Å². The van der Waals surface area contributed by atoms with Crippen molar-refractivity contribution in [2.24, 2.45) is 0 Å². The van der Waals surface area contributed by atoms with Crippen LogP contribution in [0.4, 0.5) is 0 Å². The first-order chi connectivity index (χ1) is 11.3. The molecule has 23 heavy (non-hydrogen) atoms. The number of hydrogen-bond donors (Lipinski definition) is 0. The van der Waals surface area contributed by atoms with Gasteiger partial charge < -0.3 is 0 Å². The van der Waals surface area contributed by atoms with Gasteiger partial charge in [-0.15, -0.1) is 0 Å². The number of nitrogens with zero attached hydrogens (tertiary/aromatic N) is 1. The highest BCUT2D eigenvalue weighted by Crippen LogP contribution is 2.28. The third-order valence-corrected chi connectivity index (χ3v) is 5.59. The van der Waals surface area contributed by atoms with E-state index in [1.165, 1.54) is 95.5 Å². The van der Waals surface area contributed by atoms with Crippen molar-refractivity contribution in [3.63, 3.8) is 0 Å². The van der Waals surface area contributed by atoms with E-state index in [4.69, 9.17) is 0 Å². The molecule has 0 amide bonds. The minimum absolute atomic E-state index is 0.476. The molecule has 0 fully saturated rings. The Hall–Kier alpha value is -0.370. The SMILES string of the molecule is CCCCCCCCCCCCCCCC(Br)c1cccnc1. The molecule has 0 spiro atoms. The quantitative estimate of drug-likeness (QED) is 0.221. The Morgan fingerprint density at radius 3 is 1.83 bits per heavy atom. The maximum absolute atomic E-state index is 4.19. The van der Waals surface area contributed by atoms with E-state index in [9.17, 15) is 0 Å². The number of aromatic nitrogens is 1. The largest absolute Gasteiger partial charge is 0.264 e. The fourth-order valence-corrected chi connectivity index (χ4v) is 3.66. The van der Waals surface area contributed by atoms with Crippen LogP contribution in [-0.4, -0.2) is 4.98 Å². The Morgan fingerprint density at radius 2 is 1.35 bits per heavy atom. The first-order valence-electron chi connectivity index (χ1n) is 9.88. The average Bonchev–Trinajstić information content (AvgIpc) is 2.59. The van der Waals surface area contributed by atoms with Gasteiger partial charge in [0.15, 0.2) is 0 Å². The summed E-state index contributed by atoms with van der Waals surface area (Å²) in [5, 5.41) is 0. The zero-order chi connectivity index (χ0) is 16.6. The summed E-state index contributed by atoms with van der Waals surface area (Å²) in [6.07, 6.45) is 23.5. The zero-order valence-electron chi connectivity index (χ0n) is 15.1. The molecule has 1 aromatic heterocycles. The van der Waals surface area contributed by atoms with Crippen molar-refractivity contribution in [1.29, 1.82) is 0 Å². The summed E-state index contributed by atoms with van der Waals surface area (Å²) >= 11 is 3.78. The van der Waals surface area contributed by atoms with Crippen molar-refractivity contribution in [2.75, 3.05) is 0 Å². The second-order valence-electron chi connectivity index (χ2n) is 6.79. The van der Waals surface area contributed by atoms with E-state index in [0.717, 1.165) is 0 Å². The van der Waals surface area contributed by atoms with Crippen molar-refractivity contribution in [3.8, 4) is 0 Å². The van der Waals surface area contributed by atoms with Gasteiger partial charge in [-0.3, -0.25) is 4.98 Å². The summed E-state index contributed by atoms with van der Waals surface area (Å²) in [4.78, 5) is 4.67. The Morgan fingerprint density at radius 1 is 0.826 bits per heavy atom. The third kappa shape index (κ3) is 11.8. The number of halogens is 1. The van der Waals surface area contributed by atoms with E-state index in [0.29, 0.717) is 4.83 Å². The van der Waals surface area contributed by atoms with Crippen molar-refractivity contribution < 1.29 is 0 Å². The van der Waals surface area contributed by atoms with Crippen LogP contribution >= 0.6 is 15.9 Å². The number of rotatable bonds is 15. The van der Waals surface area contributed by atoms with Crippen molar-refractivity contribution in [3.05, 3.63) is 30.1 Å². The van der Waals surface area contributed by atoms with E-state index in [2.05, 4.69) is 33.9 Å². The van der Waals surface area contributed by atoms with Crippen LogP contribution in [0.1, 0.15) is 107 Å². The minimum Gasteiger partial charge on any atom is -0.264 e. The van der Waals surface area contributed by atoms with E-state index in [1.54, 1.807) is 0 Å². The van der Waals surface area contributed by atoms with Crippen LogP contribution in [0.5, 0.6) is 0 Å². The molecule has 0 saturated carbocycles. The normalized spacial score (nSPS) is 12.4. The van der Waals surface area contributed by atoms with Gasteiger partial charge in [0.05, 0.1) is 0 Å². The highest BCUT2D eigenvalue weighted by molar-refractivity contribution is 9.09. The summed E-state index contributed by atoms with van der Waals surface area (Å²) in [6.45, 7) is 2.29. The maximum atomic E-state index is 4.19.